The molecule has 2 aromatic rings. The fourth-order valence-corrected chi connectivity index (χ4v) is 2.90. The van der Waals surface area contributed by atoms with Crippen molar-refractivity contribution >= 4 is 21.6 Å². The normalized spacial score (nSPS) is 10.9. The predicted molar refractivity (Wildman–Crippen MR) is 100 cm³/mol. The second-order valence-electron chi connectivity index (χ2n) is 5.62. The van der Waals surface area contributed by atoms with Crippen LogP contribution in [0.25, 0.3) is 0 Å². The van der Waals surface area contributed by atoms with Crippen molar-refractivity contribution < 1.29 is 22.7 Å². The first-order chi connectivity index (χ1) is 12.3. The van der Waals surface area contributed by atoms with Crippen molar-refractivity contribution in [2.45, 2.75) is 6.54 Å². The summed E-state index contributed by atoms with van der Waals surface area (Å²) in [5.74, 6) is 0.796. The lowest BCUT2D eigenvalue weighted by molar-refractivity contribution is 0.0951. The Morgan fingerprint density at radius 1 is 1.08 bits per heavy atom. The SMILES string of the molecule is COc1ccc(CNC(=O)c2ccccc2N(C)S(C)(=O)=O)cc1OC. The molecule has 8 heteroatoms. The van der Waals surface area contributed by atoms with Gasteiger partial charge >= 0.3 is 0 Å². The van der Waals surface area contributed by atoms with Crippen LogP contribution in [0.3, 0.4) is 0 Å². The molecule has 0 aliphatic rings. The Hall–Kier alpha value is -2.74. The molecule has 0 spiro atoms. The van der Waals surface area contributed by atoms with E-state index in [4.69, 9.17) is 9.47 Å². The molecule has 7 nitrogen and oxygen atoms in total. The lowest BCUT2D eigenvalue weighted by Gasteiger charge is -2.19. The third-order valence-electron chi connectivity index (χ3n) is 3.89. The van der Waals surface area contributed by atoms with E-state index in [1.165, 1.54) is 14.2 Å². The van der Waals surface area contributed by atoms with E-state index in [0.717, 1.165) is 16.1 Å². The topological polar surface area (TPSA) is 84.9 Å². The van der Waals surface area contributed by atoms with Gasteiger partial charge in [-0.25, -0.2) is 8.42 Å². The molecule has 2 aromatic carbocycles. The van der Waals surface area contributed by atoms with Crippen LogP contribution in [0.1, 0.15) is 15.9 Å². The van der Waals surface area contributed by atoms with E-state index in [2.05, 4.69) is 5.32 Å². The summed E-state index contributed by atoms with van der Waals surface area (Å²) in [6.07, 6.45) is 1.09. The first-order valence-electron chi connectivity index (χ1n) is 7.80. The predicted octanol–water partition coefficient (Wildman–Crippen LogP) is 2.03. The van der Waals surface area contributed by atoms with Gasteiger partial charge in [0.2, 0.25) is 10.0 Å². The monoisotopic (exact) mass is 378 g/mol. The standard InChI is InChI=1S/C18H22N2O5S/c1-20(26(4,22)23)15-8-6-5-7-14(15)18(21)19-12-13-9-10-16(24-2)17(11-13)25-3/h5-11H,12H2,1-4H3,(H,19,21). The van der Waals surface area contributed by atoms with Gasteiger partial charge in [-0.1, -0.05) is 18.2 Å². The molecule has 0 unspecified atom stereocenters. The van der Waals surface area contributed by atoms with Gasteiger partial charge in [0.1, 0.15) is 0 Å². The maximum atomic E-state index is 12.6. The lowest BCUT2D eigenvalue weighted by atomic mass is 10.1. The van der Waals surface area contributed by atoms with Crippen LogP contribution < -0.4 is 19.1 Å². The molecule has 2 rings (SSSR count). The Balaban J connectivity index is 2.19. The molecule has 1 amide bonds. The van der Waals surface area contributed by atoms with E-state index < -0.39 is 10.0 Å². The summed E-state index contributed by atoms with van der Waals surface area (Å²) in [6.45, 7) is 0.260. The van der Waals surface area contributed by atoms with Gasteiger partial charge in [0, 0.05) is 13.6 Å². The second-order valence-corrected chi connectivity index (χ2v) is 7.63. The molecule has 0 aliphatic heterocycles. The summed E-state index contributed by atoms with van der Waals surface area (Å²) in [7, 11) is 1.03. The summed E-state index contributed by atoms with van der Waals surface area (Å²) < 4.78 is 35.1. The second kappa shape index (κ2) is 8.09. The minimum absolute atomic E-state index is 0.260. The zero-order valence-corrected chi connectivity index (χ0v) is 16.0. The van der Waals surface area contributed by atoms with Gasteiger partial charge in [-0.15, -0.1) is 0 Å². The molecule has 0 aliphatic carbocycles. The van der Waals surface area contributed by atoms with Crippen molar-refractivity contribution in [1.29, 1.82) is 0 Å². The van der Waals surface area contributed by atoms with Crippen molar-refractivity contribution in [1.82, 2.24) is 5.32 Å². The Kier molecular flexibility index (Phi) is 6.10. The smallest absolute Gasteiger partial charge is 0.253 e. The summed E-state index contributed by atoms with van der Waals surface area (Å²) in [4.78, 5) is 12.6. The van der Waals surface area contributed by atoms with Gasteiger partial charge in [-0.05, 0) is 29.8 Å². The van der Waals surface area contributed by atoms with Gasteiger partial charge in [0.05, 0.1) is 31.7 Å². The highest BCUT2D eigenvalue weighted by molar-refractivity contribution is 7.92. The zero-order chi connectivity index (χ0) is 19.3. The van der Waals surface area contributed by atoms with E-state index in [0.29, 0.717) is 17.2 Å². The van der Waals surface area contributed by atoms with Crippen LogP contribution in [0.15, 0.2) is 42.5 Å². The molecule has 0 aromatic heterocycles. The number of ether oxygens (including phenoxy) is 2. The first kappa shape index (κ1) is 19.6. The number of hydrogen-bond acceptors (Lipinski definition) is 5. The van der Waals surface area contributed by atoms with Crippen LogP contribution in [0.5, 0.6) is 11.5 Å². The number of nitrogens with one attached hydrogen (secondary N) is 1. The third-order valence-corrected chi connectivity index (χ3v) is 5.08. The maximum absolute atomic E-state index is 12.6. The summed E-state index contributed by atoms with van der Waals surface area (Å²) in [5.41, 5.74) is 1.42. The number of amides is 1. The highest BCUT2D eigenvalue weighted by Gasteiger charge is 2.19. The Labute approximate surface area is 153 Å². The molecule has 1 N–H and O–H groups in total. The lowest BCUT2D eigenvalue weighted by Crippen LogP contribution is -2.29. The summed E-state index contributed by atoms with van der Waals surface area (Å²) >= 11 is 0. The van der Waals surface area contributed by atoms with Gasteiger partial charge in [0.15, 0.2) is 11.5 Å². The van der Waals surface area contributed by atoms with Gasteiger partial charge < -0.3 is 14.8 Å². The fourth-order valence-electron chi connectivity index (χ4n) is 2.39. The van der Waals surface area contributed by atoms with Gasteiger partial charge in [0.25, 0.3) is 5.91 Å². The number of benzene rings is 2. The van der Waals surface area contributed by atoms with Crippen LogP contribution in [-0.2, 0) is 16.6 Å². The van der Waals surface area contributed by atoms with Gasteiger partial charge in [-0.2, -0.15) is 0 Å². The number of anilines is 1. The third kappa shape index (κ3) is 4.45. The number of nitrogens with zero attached hydrogens (tertiary/aromatic N) is 1. The Morgan fingerprint density at radius 3 is 2.35 bits per heavy atom. The molecular weight excluding hydrogens is 356 g/mol. The van der Waals surface area contributed by atoms with E-state index in [1.807, 2.05) is 6.07 Å². The number of carbonyl (C=O) groups excluding carboxylic acids is 1. The molecular formula is C18H22N2O5S. The van der Waals surface area contributed by atoms with Crippen LogP contribution >= 0.6 is 0 Å². The van der Waals surface area contributed by atoms with E-state index in [1.54, 1.807) is 43.5 Å². The molecule has 0 radical (unpaired) electrons. The number of para-hydroxylation sites is 1. The van der Waals surface area contributed by atoms with Crippen molar-refractivity contribution in [3.63, 3.8) is 0 Å². The van der Waals surface area contributed by atoms with Crippen LogP contribution in [0, 0.1) is 0 Å². The molecule has 0 saturated heterocycles. The first-order valence-corrected chi connectivity index (χ1v) is 9.64. The molecule has 0 atom stereocenters. The largest absolute Gasteiger partial charge is 0.493 e. The maximum Gasteiger partial charge on any atom is 0.253 e. The molecule has 0 saturated carbocycles. The zero-order valence-electron chi connectivity index (χ0n) is 15.1. The van der Waals surface area contributed by atoms with Crippen LogP contribution in [0.2, 0.25) is 0 Å². The molecule has 0 fully saturated rings. The van der Waals surface area contributed by atoms with Crippen molar-refractivity contribution in [3.05, 3.63) is 53.6 Å². The molecule has 0 heterocycles. The molecule has 0 bridgehead atoms. The summed E-state index contributed by atoms with van der Waals surface area (Å²) in [5, 5.41) is 2.79. The van der Waals surface area contributed by atoms with Gasteiger partial charge in [-0.3, -0.25) is 9.10 Å². The van der Waals surface area contributed by atoms with E-state index >= 15 is 0 Å². The number of sulfonamides is 1. The van der Waals surface area contributed by atoms with E-state index in [9.17, 15) is 13.2 Å². The number of methoxy groups -OCH3 is 2. The van der Waals surface area contributed by atoms with Crippen molar-refractivity contribution in [2.75, 3.05) is 31.8 Å². The minimum Gasteiger partial charge on any atom is -0.493 e. The fraction of sp³-hybridized carbons (Fsp3) is 0.278. The van der Waals surface area contributed by atoms with Crippen LogP contribution in [-0.4, -0.2) is 41.8 Å². The number of carbonyl (C=O) groups is 1. The Morgan fingerprint density at radius 2 is 1.73 bits per heavy atom. The average Bonchev–Trinajstić information content (AvgIpc) is 2.64. The number of hydrogen-bond donors (Lipinski definition) is 1. The highest BCUT2D eigenvalue weighted by atomic mass is 32.2. The summed E-state index contributed by atoms with van der Waals surface area (Å²) in [6, 6.07) is 11.9. The van der Waals surface area contributed by atoms with Crippen LogP contribution in [0.4, 0.5) is 5.69 Å². The quantitative estimate of drug-likeness (QED) is 0.797. The Bertz CT molecular complexity index is 896. The highest BCUT2D eigenvalue weighted by Crippen LogP contribution is 2.27. The average molecular weight is 378 g/mol. The number of rotatable bonds is 7. The van der Waals surface area contributed by atoms with Crippen molar-refractivity contribution in [3.8, 4) is 11.5 Å². The van der Waals surface area contributed by atoms with Crippen molar-refractivity contribution in [2.24, 2.45) is 0 Å². The minimum atomic E-state index is -3.47. The molecule has 26 heavy (non-hydrogen) atoms. The van der Waals surface area contributed by atoms with E-state index in [-0.39, 0.29) is 18.0 Å². The molecule has 140 valence electrons.